The highest BCUT2D eigenvalue weighted by atomic mass is 32.1. The van der Waals surface area contributed by atoms with Gasteiger partial charge >= 0.3 is 0 Å². The molecule has 0 spiro atoms. The minimum Gasteiger partial charge on any atom is -0.316 e. The maximum atomic E-state index is 12.1. The van der Waals surface area contributed by atoms with Gasteiger partial charge in [0, 0.05) is 10.8 Å². The lowest BCUT2D eigenvalue weighted by Gasteiger charge is -2.14. The van der Waals surface area contributed by atoms with E-state index < -0.39 is 6.04 Å². The van der Waals surface area contributed by atoms with E-state index in [-0.39, 0.29) is 11.3 Å². The van der Waals surface area contributed by atoms with Crippen LogP contribution in [0.5, 0.6) is 0 Å². The molecule has 2 aromatic rings. The van der Waals surface area contributed by atoms with E-state index in [9.17, 15) is 4.79 Å². The molecule has 1 heterocycles. The van der Waals surface area contributed by atoms with E-state index in [2.05, 4.69) is 31.1 Å². The van der Waals surface area contributed by atoms with Crippen molar-refractivity contribution in [3.8, 4) is 0 Å². The van der Waals surface area contributed by atoms with Gasteiger partial charge in [-0.15, -0.1) is 11.3 Å². The largest absolute Gasteiger partial charge is 0.316 e. The molecule has 0 aliphatic rings. The van der Waals surface area contributed by atoms with Gasteiger partial charge in [-0.2, -0.15) is 0 Å². The molecule has 1 amide bonds. The highest BCUT2D eigenvalue weighted by Gasteiger charge is 2.20. The summed E-state index contributed by atoms with van der Waals surface area (Å²) in [4.78, 5) is 16.5. The molecule has 3 N–H and O–H groups in total. The Balaban J connectivity index is 2.07. The first-order chi connectivity index (χ1) is 9.38. The van der Waals surface area contributed by atoms with Crippen molar-refractivity contribution in [1.82, 2.24) is 4.98 Å². The Labute approximate surface area is 123 Å². The van der Waals surface area contributed by atoms with Crippen LogP contribution in [-0.2, 0) is 10.2 Å². The van der Waals surface area contributed by atoms with Crippen molar-refractivity contribution in [3.05, 3.63) is 47.0 Å². The van der Waals surface area contributed by atoms with E-state index in [0.717, 1.165) is 11.3 Å². The number of carbonyl (C=O) groups is 1. The van der Waals surface area contributed by atoms with Gasteiger partial charge in [0.25, 0.3) is 0 Å². The number of nitrogens with one attached hydrogen (secondary N) is 1. The normalized spacial score (nSPS) is 13.0. The van der Waals surface area contributed by atoms with Gasteiger partial charge in [0.05, 0.1) is 5.69 Å². The number of amides is 1. The summed E-state index contributed by atoms with van der Waals surface area (Å²) in [5.74, 6) is -0.244. The van der Waals surface area contributed by atoms with Gasteiger partial charge in [-0.3, -0.25) is 4.79 Å². The molecule has 1 aromatic heterocycles. The molecule has 106 valence electrons. The Bertz CT molecular complexity index is 587. The smallest absolute Gasteiger partial charge is 0.247 e. The van der Waals surface area contributed by atoms with Crippen LogP contribution in [0.1, 0.15) is 38.1 Å². The van der Waals surface area contributed by atoms with Crippen molar-refractivity contribution in [2.45, 2.75) is 32.2 Å². The fourth-order valence-electron chi connectivity index (χ4n) is 1.67. The second-order valence-electron chi connectivity index (χ2n) is 5.67. The van der Waals surface area contributed by atoms with Gasteiger partial charge < -0.3 is 11.1 Å². The molecule has 5 heteroatoms. The third-order valence-electron chi connectivity index (χ3n) is 2.94. The molecular weight excluding hydrogens is 270 g/mol. The van der Waals surface area contributed by atoms with Crippen LogP contribution in [0.25, 0.3) is 0 Å². The standard InChI is InChI=1S/C15H19N3OS/c1-15(2,3)11-9-20-14(17-11)18-13(19)12(16)10-7-5-4-6-8-10/h4-9,12H,16H2,1-3H3,(H,17,18,19)/t12-/m0/s1. The van der Waals surface area contributed by atoms with Crippen LogP contribution in [0.15, 0.2) is 35.7 Å². The second-order valence-corrected chi connectivity index (χ2v) is 6.52. The Hall–Kier alpha value is -1.72. The van der Waals surface area contributed by atoms with Gasteiger partial charge in [0.15, 0.2) is 5.13 Å². The van der Waals surface area contributed by atoms with Gasteiger partial charge in [-0.05, 0) is 5.56 Å². The number of rotatable bonds is 3. The van der Waals surface area contributed by atoms with Crippen molar-refractivity contribution >= 4 is 22.4 Å². The van der Waals surface area contributed by atoms with Crippen molar-refractivity contribution < 1.29 is 4.79 Å². The summed E-state index contributed by atoms with van der Waals surface area (Å²) in [5.41, 5.74) is 7.67. The van der Waals surface area contributed by atoms with Crippen LogP contribution in [0, 0.1) is 0 Å². The predicted molar refractivity (Wildman–Crippen MR) is 82.8 cm³/mol. The fourth-order valence-corrected chi connectivity index (χ4v) is 2.61. The van der Waals surface area contributed by atoms with Crippen LogP contribution in [0.2, 0.25) is 0 Å². The molecule has 20 heavy (non-hydrogen) atoms. The highest BCUT2D eigenvalue weighted by molar-refractivity contribution is 7.13. The third-order valence-corrected chi connectivity index (χ3v) is 3.70. The number of nitrogens with zero attached hydrogens (tertiary/aromatic N) is 1. The van der Waals surface area contributed by atoms with Gasteiger partial charge in [0.2, 0.25) is 5.91 Å². The number of thiazole rings is 1. The molecule has 4 nitrogen and oxygen atoms in total. The third kappa shape index (κ3) is 3.43. The van der Waals surface area contributed by atoms with Gasteiger partial charge in [0.1, 0.15) is 6.04 Å². The van der Waals surface area contributed by atoms with E-state index in [1.165, 1.54) is 11.3 Å². The topological polar surface area (TPSA) is 68.0 Å². The van der Waals surface area contributed by atoms with Crippen LogP contribution in [0.4, 0.5) is 5.13 Å². The minimum atomic E-state index is -0.682. The number of anilines is 1. The molecule has 0 radical (unpaired) electrons. The van der Waals surface area contributed by atoms with E-state index in [4.69, 9.17) is 5.73 Å². The molecule has 0 bridgehead atoms. The second kappa shape index (κ2) is 5.73. The zero-order chi connectivity index (χ0) is 14.8. The number of benzene rings is 1. The summed E-state index contributed by atoms with van der Waals surface area (Å²) in [7, 11) is 0. The molecule has 0 saturated heterocycles. The minimum absolute atomic E-state index is 0.0268. The summed E-state index contributed by atoms with van der Waals surface area (Å²) in [6.45, 7) is 6.26. The highest BCUT2D eigenvalue weighted by Crippen LogP contribution is 2.26. The monoisotopic (exact) mass is 289 g/mol. The molecule has 0 aliphatic heterocycles. The van der Waals surface area contributed by atoms with Crippen molar-refractivity contribution in [2.24, 2.45) is 5.73 Å². The molecule has 2 rings (SSSR count). The molecule has 0 saturated carbocycles. The SMILES string of the molecule is CC(C)(C)c1csc(NC(=O)[C@@H](N)c2ccccc2)n1. The van der Waals surface area contributed by atoms with Crippen LogP contribution in [0.3, 0.4) is 0 Å². The quantitative estimate of drug-likeness (QED) is 0.912. The van der Waals surface area contributed by atoms with Crippen molar-refractivity contribution in [1.29, 1.82) is 0 Å². The van der Waals surface area contributed by atoms with E-state index >= 15 is 0 Å². The number of hydrogen-bond acceptors (Lipinski definition) is 4. The first kappa shape index (κ1) is 14.7. The Kier molecular flexibility index (Phi) is 4.20. The number of aromatic nitrogens is 1. The summed E-state index contributed by atoms with van der Waals surface area (Å²) in [6.07, 6.45) is 0. The summed E-state index contributed by atoms with van der Waals surface area (Å²) < 4.78 is 0. The number of carbonyl (C=O) groups excluding carboxylic acids is 1. The maximum Gasteiger partial charge on any atom is 0.247 e. The molecule has 1 atom stereocenters. The first-order valence-corrected chi connectivity index (χ1v) is 7.33. The number of hydrogen-bond donors (Lipinski definition) is 2. The van der Waals surface area contributed by atoms with E-state index in [1.807, 2.05) is 35.7 Å². The zero-order valence-electron chi connectivity index (χ0n) is 11.9. The van der Waals surface area contributed by atoms with E-state index in [1.54, 1.807) is 0 Å². The Morgan fingerprint density at radius 2 is 1.95 bits per heavy atom. The lowest BCUT2D eigenvalue weighted by molar-refractivity contribution is -0.117. The van der Waals surface area contributed by atoms with Crippen molar-refractivity contribution in [2.75, 3.05) is 5.32 Å². The van der Waals surface area contributed by atoms with Gasteiger partial charge in [-0.25, -0.2) is 4.98 Å². The molecule has 0 aliphatic carbocycles. The summed E-state index contributed by atoms with van der Waals surface area (Å²) in [5, 5.41) is 5.33. The van der Waals surface area contributed by atoms with E-state index in [0.29, 0.717) is 5.13 Å². The van der Waals surface area contributed by atoms with Gasteiger partial charge in [-0.1, -0.05) is 51.1 Å². The first-order valence-electron chi connectivity index (χ1n) is 6.45. The zero-order valence-corrected chi connectivity index (χ0v) is 12.7. The molecular formula is C15H19N3OS. The number of nitrogens with two attached hydrogens (primary N) is 1. The fraction of sp³-hybridized carbons (Fsp3) is 0.333. The average molecular weight is 289 g/mol. The Morgan fingerprint density at radius 3 is 2.50 bits per heavy atom. The summed E-state index contributed by atoms with van der Waals surface area (Å²) >= 11 is 1.42. The predicted octanol–water partition coefficient (Wildman–Crippen LogP) is 3.08. The maximum absolute atomic E-state index is 12.1. The Morgan fingerprint density at radius 1 is 1.30 bits per heavy atom. The molecule has 1 aromatic carbocycles. The lowest BCUT2D eigenvalue weighted by atomic mass is 9.93. The van der Waals surface area contributed by atoms with Crippen LogP contribution < -0.4 is 11.1 Å². The molecule has 0 fully saturated rings. The van der Waals surface area contributed by atoms with Crippen LogP contribution >= 0.6 is 11.3 Å². The average Bonchev–Trinajstić information content (AvgIpc) is 2.87. The van der Waals surface area contributed by atoms with Crippen LogP contribution in [-0.4, -0.2) is 10.9 Å². The molecule has 0 unspecified atom stereocenters. The lowest BCUT2D eigenvalue weighted by Crippen LogP contribution is -2.27. The van der Waals surface area contributed by atoms with Crippen molar-refractivity contribution in [3.63, 3.8) is 0 Å². The summed E-state index contributed by atoms with van der Waals surface area (Å²) in [6, 6.07) is 8.62.